The van der Waals surface area contributed by atoms with Gasteiger partial charge in [-0.3, -0.25) is 0 Å². The van der Waals surface area contributed by atoms with Crippen molar-refractivity contribution in [3.05, 3.63) is 0 Å². The van der Waals surface area contributed by atoms with Gasteiger partial charge in [-0.05, 0) is 51.2 Å². The molecule has 1 aliphatic heterocycles. The summed E-state index contributed by atoms with van der Waals surface area (Å²) in [4.78, 5) is 2.51. The van der Waals surface area contributed by atoms with Gasteiger partial charge in [-0.2, -0.15) is 0 Å². The summed E-state index contributed by atoms with van der Waals surface area (Å²) in [5, 5.41) is 0. The van der Waals surface area contributed by atoms with Gasteiger partial charge >= 0.3 is 0 Å². The fourth-order valence-corrected chi connectivity index (χ4v) is 3.17. The molecule has 1 aliphatic carbocycles. The van der Waals surface area contributed by atoms with E-state index in [1.165, 1.54) is 58.0 Å². The van der Waals surface area contributed by atoms with E-state index in [-0.39, 0.29) is 0 Å². The number of rotatable bonds is 1. The minimum Gasteiger partial charge on any atom is -0.306 e. The van der Waals surface area contributed by atoms with Crippen LogP contribution in [0.3, 0.4) is 0 Å². The molecule has 0 spiro atoms. The number of hydrogen-bond acceptors (Lipinski definition) is 1. The van der Waals surface area contributed by atoms with E-state index in [0.29, 0.717) is 0 Å². The van der Waals surface area contributed by atoms with Crippen LogP contribution in [0.5, 0.6) is 0 Å². The van der Waals surface area contributed by atoms with Gasteiger partial charge < -0.3 is 4.90 Å². The summed E-state index contributed by atoms with van der Waals surface area (Å²) in [5.41, 5.74) is 0. The van der Waals surface area contributed by atoms with E-state index >= 15 is 0 Å². The summed E-state index contributed by atoms with van der Waals surface area (Å²) in [6, 6.07) is 0. The minimum absolute atomic E-state index is 1.08. The molecule has 0 aromatic rings. The first-order valence-electron chi connectivity index (χ1n) is 6.05. The zero-order chi connectivity index (χ0) is 9.10. The van der Waals surface area contributed by atoms with Gasteiger partial charge in [-0.1, -0.05) is 25.7 Å². The Kier molecular flexibility index (Phi) is 3.26. The fourth-order valence-electron chi connectivity index (χ4n) is 3.17. The van der Waals surface area contributed by atoms with Crippen molar-refractivity contribution in [3.63, 3.8) is 0 Å². The highest BCUT2D eigenvalue weighted by Crippen LogP contribution is 2.36. The first kappa shape index (κ1) is 9.51. The minimum atomic E-state index is 1.08. The maximum Gasteiger partial charge on any atom is -0.00190 e. The molecule has 0 N–H and O–H groups in total. The van der Waals surface area contributed by atoms with Gasteiger partial charge in [-0.25, -0.2) is 0 Å². The third-order valence-corrected chi connectivity index (χ3v) is 4.06. The summed E-state index contributed by atoms with van der Waals surface area (Å²) >= 11 is 0. The Hall–Kier alpha value is -0.0400. The molecule has 1 heterocycles. The average Bonchev–Trinajstić information content (AvgIpc) is 2.56. The van der Waals surface area contributed by atoms with Gasteiger partial charge in [0.05, 0.1) is 0 Å². The second-order valence-corrected chi connectivity index (χ2v) is 5.04. The van der Waals surface area contributed by atoms with Crippen molar-refractivity contribution in [3.8, 4) is 0 Å². The predicted octanol–water partition coefficient (Wildman–Crippen LogP) is 2.91. The summed E-state index contributed by atoms with van der Waals surface area (Å²) in [6.07, 6.45) is 10.5. The van der Waals surface area contributed by atoms with Crippen LogP contribution in [-0.4, -0.2) is 25.0 Å². The summed E-state index contributed by atoms with van der Waals surface area (Å²) in [6.45, 7) is 2.68. The van der Waals surface area contributed by atoms with Crippen molar-refractivity contribution < 1.29 is 0 Å². The molecule has 1 saturated heterocycles. The molecule has 1 unspecified atom stereocenters. The topological polar surface area (TPSA) is 3.24 Å². The first-order chi connectivity index (χ1) is 6.36. The molecule has 2 aliphatic rings. The van der Waals surface area contributed by atoms with Crippen molar-refractivity contribution in [1.29, 1.82) is 0 Å². The van der Waals surface area contributed by atoms with Crippen molar-refractivity contribution in [2.75, 3.05) is 20.1 Å². The Bertz CT molecular complexity index is 149. The predicted molar refractivity (Wildman–Crippen MR) is 56.8 cm³/mol. The highest BCUT2D eigenvalue weighted by atomic mass is 15.1. The highest BCUT2D eigenvalue weighted by molar-refractivity contribution is 4.78. The van der Waals surface area contributed by atoms with Crippen LogP contribution in [0.2, 0.25) is 0 Å². The molecular weight excluding hydrogens is 158 g/mol. The lowest BCUT2D eigenvalue weighted by molar-refractivity contribution is 0.292. The summed E-state index contributed by atoms with van der Waals surface area (Å²) in [7, 11) is 2.27. The van der Waals surface area contributed by atoms with Crippen LogP contribution in [-0.2, 0) is 0 Å². The average molecular weight is 181 g/mol. The lowest BCUT2D eigenvalue weighted by Crippen LogP contribution is -2.19. The molecule has 1 nitrogen and oxygen atoms in total. The van der Waals surface area contributed by atoms with Crippen LogP contribution >= 0.6 is 0 Å². The zero-order valence-corrected chi connectivity index (χ0v) is 8.97. The third kappa shape index (κ3) is 2.46. The molecule has 0 aromatic carbocycles. The smallest absolute Gasteiger partial charge is 0.00190 e. The Morgan fingerprint density at radius 3 is 2.15 bits per heavy atom. The number of hydrogen-bond donors (Lipinski definition) is 0. The quantitative estimate of drug-likeness (QED) is 0.601. The van der Waals surface area contributed by atoms with Crippen molar-refractivity contribution in [1.82, 2.24) is 4.90 Å². The van der Waals surface area contributed by atoms with Crippen molar-refractivity contribution in [2.24, 2.45) is 11.8 Å². The van der Waals surface area contributed by atoms with Gasteiger partial charge in [0, 0.05) is 0 Å². The van der Waals surface area contributed by atoms with E-state index in [1.807, 2.05) is 0 Å². The third-order valence-electron chi connectivity index (χ3n) is 4.06. The molecule has 2 fully saturated rings. The van der Waals surface area contributed by atoms with Gasteiger partial charge in [0.25, 0.3) is 0 Å². The van der Waals surface area contributed by atoms with E-state index in [4.69, 9.17) is 0 Å². The van der Waals surface area contributed by atoms with Crippen LogP contribution in [0.15, 0.2) is 0 Å². The van der Waals surface area contributed by atoms with Crippen molar-refractivity contribution in [2.45, 2.75) is 44.9 Å². The Morgan fingerprint density at radius 2 is 1.38 bits per heavy atom. The van der Waals surface area contributed by atoms with E-state index in [9.17, 15) is 0 Å². The van der Waals surface area contributed by atoms with Crippen LogP contribution in [0.4, 0.5) is 0 Å². The molecule has 0 amide bonds. The number of likely N-dealkylation sites (tertiary alicyclic amines) is 1. The van der Waals surface area contributed by atoms with Crippen LogP contribution in [0, 0.1) is 11.8 Å². The van der Waals surface area contributed by atoms with E-state index < -0.39 is 0 Å². The van der Waals surface area contributed by atoms with Gasteiger partial charge in [-0.15, -0.1) is 0 Å². The molecule has 1 atom stereocenters. The lowest BCUT2D eigenvalue weighted by Gasteiger charge is -2.21. The molecule has 1 heteroatoms. The van der Waals surface area contributed by atoms with E-state index in [1.54, 1.807) is 0 Å². The molecule has 1 saturated carbocycles. The van der Waals surface area contributed by atoms with Crippen LogP contribution < -0.4 is 0 Å². The zero-order valence-electron chi connectivity index (χ0n) is 8.97. The van der Waals surface area contributed by atoms with Gasteiger partial charge in [0.2, 0.25) is 0 Å². The summed E-state index contributed by atoms with van der Waals surface area (Å²) in [5.74, 6) is 2.18. The molecule has 13 heavy (non-hydrogen) atoms. The van der Waals surface area contributed by atoms with Crippen LogP contribution in [0.25, 0.3) is 0 Å². The second kappa shape index (κ2) is 4.45. The molecule has 76 valence electrons. The summed E-state index contributed by atoms with van der Waals surface area (Å²) < 4.78 is 0. The second-order valence-electron chi connectivity index (χ2n) is 5.04. The maximum absolute atomic E-state index is 2.51. The van der Waals surface area contributed by atoms with Gasteiger partial charge in [0.1, 0.15) is 0 Å². The SMILES string of the molecule is CN1CCCC(C2CCCC2)CC1. The molecule has 2 rings (SSSR count). The maximum atomic E-state index is 2.51. The molecule has 0 aromatic heterocycles. The largest absolute Gasteiger partial charge is 0.306 e. The Morgan fingerprint density at radius 1 is 0.769 bits per heavy atom. The standard InChI is InChI=1S/C12H23N/c1-13-9-4-7-12(8-10-13)11-5-2-3-6-11/h11-12H,2-10H2,1H3. The van der Waals surface area contributed by atoms with E-state index in [0.717, 1.165) is 11.8 Å². The van der Waals surface area contributed by atoms with Crippen LogP contribution in [0.1, 0.15) is 44.9 Å². The highest BCUT2D eigenvalue weighted by Gasteiger charge is 2.26. The van der Waals surface area contributed by atoms with Crippen molar-refractivity contribution >= 4 is 0 Å². The first-order valence-corrected chi connectivity index (χ1v) is 6.05. The fraction of sp³-hybridized carbons (Fsp3) is 1.00. The Balaban J connectivity index is 1.84. The molecular formula is C12H23N. The van der Waals surface area contributed by atoms with Gasteiger partial charge in [0.15, 0.2) is 0 Å². The monoisotopic (exact) mass is 181 g/mol. The number of nitrogens with zero attached hydrogens (tertiary/aromatic N) is 1. The molecule has 0 bridgehead atoms. The molecule has 0 radical (unpaired) electrons. The lowest BCUT2D eigenvalue weighted by atomic mass is 9.85. The van der Waals surface area contributed by atoms with E-state index in [2.05, 4.69) is 11.9 Å². The Labute approximate surface area is 82.5 Å². The normalized spacial score (nSPS) is 33.5.